The second-order valence-corrected chi connectivity index (χ2v) is 5.63. The second kappa shape index (κ2) is 6.77. The summed E-state index contributed by atoms with van der Waals surface area (Å²) < 4.78 is 5.27. The van der Waals surface area contributed by atoms with Crippen molar-refractivity contribution in [2.24, 2.45) is 17.8 Å². The van der Waals surface area contributed by atoms with Gasteiger partial charge in [-0.05, 0) is 43.9 Å². The van der Waals surface area contributed by atoms with Crippen LogP contribution in [-0.4, -0.2) is 12.1 Å². The third-order valence-corrected chi connectivity index (χ3v) is 3.90. The molecular weight excluding hydrogens is 224 g/mol. The minimum atomic E-state index is -0.177. The fraction of sp³-hybridized carbons (Fsp3) is 0.688. The van der Waals surface area contributed by atoms with Gasteiger partial charge in [-0.15, -0.1) is 6.58 Å². The number of ether oxygens (including phenoxy) is 1. The van der Waals surface area contributed by atoms with Gasteiger partial charge in [-0.2, -0.15) is 0 Å². The van der Waals surface area contributed by atoms with Crippen LogP contribution in [0.15, 0.2) is 24.3 Å². The van der Waals surface area contributed by atoms with Gasteiger partial charge in [0.25, 0.3) is 0 Å². The summed E-state index contributed by atoms with van der Waals surface area (Å²) in [6, 6.07) is 0. The van der Waals surface area contributed by atoms with Crippen molar-refractivity contribution in [2.75, 3.05) is 0 Å². The molecule has 0 amide bonds. The molecule has 3 unspecified atom stereocenters. The second-order valence-electron chi connectivity index (χ2n) is 5.63. The van der Waals surface area contributed by atoms with Crippen LogP contribution in [0.1, 0.15) is 47.0 Å². The Labute approximate surface area is 111 Å². The monoisotopic (exact) mass is 250 g/mol. The summed E-state index contributed by atoms with van der Waals surface area (Å²) in [6.07, 6.45) is 7.65. The summed E-state index contributed by atoms with van der Waals surface area (Å²) >= 11 is 0. The van der Waals surface area contributed by atoms with Gasteiger partial charge in [-0.1, -0.05) is 31.6 Å². The van der Waals surface area contributed by atoms with E-state index in [-0.39, 0.29) is 12.1 Å². The average Bonchev–Trinajstić information content (AvgIpc) is 2.29. The minimum Gasteiger partial charge on any atom is -0.463 e. The molecule has 0 aromatic heterocycles. The summed E-state index contributed by atoms with van der Waals surface area (Å²) in [7, 11) is 0. The quantitative estimate of drug-likeness (QED) is 0.542. The molecule has 0 saturated heterocycles. The van der Waals surface area contributed by atoms with Gasteiger partial charge in [-0.3, -0.25) is 4.79 Å². The van der Waals surface area contributed by atoms with Gasteiger partial charge >= 0.3 is 5.97 Å². The molecule has 3 atom stereocenters. The first kappa shape index (κ1) is 15.0. The Balaban J connectivity index is 2.59. The summed E-state index contributed by atoms with van der Waals surface area (Å²) in [5.74, 6) is 1.39. The van der Waals surface area contributed by atoms with E-state index >= 15 is 0 Å². The highest BCUT2D eigenvalue weighted by Gasteiger charge is 2.25. The van der Waals surface area contributed by atoms with Crippen LogP contribution < -0.4 is 0 Å². The lowest BCUT2D eigenvalue weighted by Gasteiger charge is -2.30. The molecule has 1 aliphatic carbocycles. The van der Waals surface area contributed by atoms with E-state index in [0.29, 0.717) is 17.8 Å². The Morgan fingerprint density at radius 3 is 2.56 bits per heavy atom. The highest BCUT2D eigenvalue weighted by atomic mass is 16.5. The maximum absolute atomic E-state index is 11.0. The van der Waals surface area contributed by atoms with E-state index in [2.05, 4.69) is 32.6 Å². The van der Waals surface area contributed by atoms with Gasteiger partial charge in [0, 0.05) is 6.92 Å². The Hall–Kier alpha value is -1.05. The summed E-state index contributed by atoms with van der Waals surface area (Å²) in [4.78, 5) is 11.0. The molecule has 2 heteroatoms. The van der Waals surface area contributed by atoms with Crippen LogP contribution in [0.5, 0.6) is 0 Å². The van der Waals surface area contributed by atoms with Gasteiger partial charge in [-0.25, -0.2) is 0 Å². The molecule has 0 radical (unpaired) electrons. The Morgan fingerprint density at radius 2 is 2.17 bits per heavy atom. The van der Waals surface area contributed by atoms with E-state index in [1.54, 1.807) is 0 Å². The molecule has 0 saturated carbocycles. The van der Waals surface area contributed by atoms with E-state index in [0.717, 1.165) is 19.3 Å². The lowest BCUT2D eigenvalue weighted by Crippen LogP contribution is -2.25. The Kier molecular flexibility index (Phi) is 5.64. The van der Waals surface area contributed by atoms with Crippen LogP contribution in [0.25, 0.3) is 0 Å². The zero-order valence-corrected chi connectivity index (χ0v) is 12.1. The van der Waals surface area contributed by atoms with Gasteiger partial charge in [0.2, 0.25) is 0 Å². The lowest BCUT2D eigenvalue weighted by molar-refractivity contribution is -0.148. The maximum atomic E-state index is 11.0. The van der Waals surface area contributed by atoms with E-state index < -0.39 is 0 Å². The first-order valence-electron chi connectivity index (χ1n) is 6.94. The number of hydrogen-bond donors (Lipinski definition) is 0. The molecule has 0 heterocycles. The number of hydrogen-bond acceptors (Lipinski definition) is 2. The number of carbonyl (C=O) groups excluding carboxylic acids is 1. The molecular formula is C16H26O2. The highest BCUT2D eigenvalue weighted by molar-refractivity contribution is 5.66. The summed E-state index contributed by atoms with van der Waals surface area (Å²) in [6.45, 7) is 11.9. The highest BCUT2D eigenvalue weighted by Crippen LogP contribution is 2.34. The smallest absolute Gasteiger partial charge is 0.302 e. The van der Waals surface area contributed by atoms with Crippen LogP contribution in [0, 0.1) is 17.8 Å². The molecule has 1 aliphatic rings. The third-order valence-electron chi connectivity index (χ3n) is 3.90. The normalized spacial score (nSPS) is 23.2. The average molecular weight is 250 g/mol. The van der Waals surface area contributed by atoms with Gasteiger partial charge in [0.05, 0.1) is 0 Å². The Bertz CT molecular complexity index is 328. The Morgan fingerprint density at radius 1 is 1.50 bits per heavy atom. The number of carbonyl (C=O) groups is 1. The van der Waals surface area contributed by atoms with Crippen molar-refractivity contribution in [1.29, 1.82) is 0 Å². The summed E-state index contributed by atoms with van der Waals surface area (Å²) in [5, 5.41) is 0. The third kappa shape index (κ3) is 4.01. The summed E-state index contributed by atoms with van der Waals surface area (Å²) in [5.41, 5.74) is 1.51. The molecule has 0 bridgehead atoms. The zero-order valence-electron chi connectivity index (χ0n) is 12.1. The van der Waals surface area contributed by atoms with E-state index in [1.807, 2.05) is 6.92 Å². The molecule has 0 spiro atoms. The molecule has 102 valence electrons. The minimum absolute atomic E-state index is 0.0292. The zero-order chi connectivity index (χ0) is 13.7. The van der Waals surface area contributed by atoms with Gasteiger partial charge in [0.15, 0.2) is 0 Å². The predicted molar refractivity (Wildman–Crippen MR) is 75.2 cm³/mol. The standard InChI is InChI=1S/C16H26O2/c1-6-16(11(2)3)15-9-7-14(8-10-15)12(4)18-13(5)17/h6,9,11-12,14,16H,1,7-8,10H2,2-5H3. The molecule has 0 aromatic rings. The molecule has 2 nitrogen and oxygen atoms in total. The number of esters is 1. The van der Waals surface area contributed by atoms with Crippen molar-refractivity contribution < 1.29 is 9.53 Å². The van der Waals surface area contributed by atoms with Crippen molar-refractivity contribution in [3.63, 3.8) is 0 Å². The van der Waals surface area contributed by atoms with Gasteiger partial charge in [0.1, 0.15) is 6.10 Å². The van der Waals surface area contributed by atoms with Crippen LogP contribution in [0.4, 0.5) is 0 Å². The molecule has 1 rings (SSSR count). The van der Waals surface area contributed by atoms with E-state index in [9.17, 15) is 4.79 Å². The first-order valence-corrected chi connectivity index (χ1v) is 6.94. The van der Waals surface area contributed by atoms with Crippen LogP contribution in [0.3, 0.4) is 0 Å². The number of rotatable bonds is 5. The van der Waals surface area contributed by atoms with E-state index in [4.69, 9.17) is 4.74 Å². The molecule has 18 heavy (non-hydrogen) atoms. The SMILES string of the molecule is C=CC(C1=CCC(C(C)OC(C)=O)CC1)C(C)C. The van der Waals surface area contributed by atoms with Crippen LogP contribution in [-0.2, 0) is 9.53 Å². The molecule has 0 aliphatic heterocycles. The molecule has 0 fully saturated rings. The van der Waals surface area contributed by atoms with Gasteiger partial charge < -0.3 is 4.74 Å². The van der Waals surface area contributed by atoms with Crippen molar-refractivity contribution in [1.82, 2.24) is 0 Å². The molecule has 0 N–H and O–H groups in total. The predicted octanol–water partition coefficient (Wildman–Crippen LogP) is 4.12. The van der Waals surface area contributed by atoms with Crippen molar-refractivity contribution in [2.45, 2.75) is 53.1 Å². The van der Waals surface area contributed by atoms with Crippen LogP contribution in [0.2, 0.25) is 0 Å². The topological polar surface area (TPSA) is 26.3 Å². The van der Waals surface area contributed by atoms with E-state index in [1.165, 1.54) is 12.5 Å². The fourth-order valence-electron chi connectivity index (χ4n) is 2.81. The van der Waals surface area contributed by atoms with Crippen LogP contribution >= 0.6 is 0 Å². The molecule has 0 aromatic carbocycles. The number of allylic oxidation sites excluding steroid dienone is 3. The van der Waals surface area contributed by atoms with Crippen molar-refractivity contribution in [3.05, 3.63) is 24.3 Å². The lowest BCUT2D eigenvalue weighted by atomic mass is 9.78. The largest absolute Gasteiger partial charge is 0.463 e. The van der Waals surface area contributed by atoms with Crippen molar-refractivity contribution in [3.8, 4) is 0 Å². The first-order chi connectivity index (χ1) is 8.45. The van der Waals surface area contributed by atoms with Crippen molar-refractivity contribution >= 4 is 5.97 Å². The maximum Gasteiger partial charge on any atom is 0.302 e. The fourth-order valence-corrected chi connectivity index (χ4v) is 2.81.